The minimum absolute atomic E-state index is 0.526. The maximum Gasteiger partial charge on any atom is 0.343 e. The van der Waals surface area contributed by atoms with E-state index in [1.165, 1.54) is 11.6 Å². The molecular weight excluding hydrogens is 600 g/mol. The molecule has 5 heterocycles. The molecular formula is C40H48N4O4. The number of rotatable bonds is 15. The van der Waals surface area contributed by atoms with Crippen LogP contribution in [0.25, 0.3) is 52.4 Å². The van der Waals surface area contributed by atoms with Crippen LogP contribution in [0.2, 0.25) is 0 Å². The Morgan fingerprint density at radius 3 is 1.56 bits per heavy atom. The largest absolute Gasteiger partial charge is 0.477 e. The van der Waals surface area contributed by atoms with Crippen molar-refractivity contribution in [2.45, 2.75) is 105 Å². The van der Waals surface area contributed by atoms with Crippen molar-refractivity contribution in [3.05, 3.63) is 74.4 Å². The highest BCUT2D eigenvalue weighted by atomic mass is 16.4. The zero-order chi connectivity index (χ0) is 34.2. The second-order valence-corrected chi connectivity index (χ2v) is 12.7. The van der Waals surface area contributed by atoms with Gasteiger partial charge in [-0.2, -0.15) is 0 Å². The number of carboxylic acid groups (broad SMARTS) is 2. The first-order valence-electron chi connectivity index (χ1n) is 17.6. The third-order valence-electron chi connectivity index (χ3n) is 9.21. The third kappa shape index (κ3) is 7.53. The standard InChI is InChI=1S/C40H48N4O4/c1-5-9-13-26-31-17-18-32(41-31)27(14-10-6-2)34-21-22-36(43-34)29(16-12-8-4)38-25(23-30(39(45)46)40(47)48)24-37(44-38)28(15-11-7-3)35-20-19-33(26)42-35/h17-24,42,44H,5-16H2,1-4H3,(H,45,46)(H,47,48). The Labute approximate surface area is 282 Å². The molecule has 8 nitrogen and oxygen atoms in total. The summed E-state index contributed by atoms with van der Waals surface area (Å²) in [6, 6.07) is 6.17. The van der Waals surface area contributed by atoms with Crippen LogP contribution >= 0.6 is 0 Å². The van der Waals surface area contributed by atoms with Crippen LogP contribution in [-0.2, 0) is 35.3 Å². The van der Waals surface area contributed by atoms with Crippen molar-refractivity contribution in [1.82, 2.24) is 19.9 Å². The Bertz CT molecular complexity index is 1920. The molecule has 5 rings (SSSR count). The molecule has 2 aliphatic heterocycles. The van der Waals surface area contributed by atoms with Crippen LogP contribution in [-0.4, -0.2) is 42.1 Å². The van der Waals surface area contributed by atoms with Crippen molar-refractivity contribution < 1.29 is 19.8 Å². The van der Waals surface area contributed by atoms with Crippen molar-refractivity contribution in [3.63, 3.8) is 0 Å². The molecule has 8 bridgehead atoms. The first kappa shape index (κ1) is 34.6. The SMILES string of the molecule is CCCCc1c2nc(c(CCCC)c3ccc([nH]3)c(CCCC)c3cc(C=C(C(=O)O)C(=O)O)c([nH]3)c(CCCC)c3nc1C=C3)C=C2. The van der Waals surface area contributed by atoms with Crippen LogP contribution in [0, 0.1) is 0 Å². The molecule has 3 aromatic rings. The van der Waals surface area contributed by atoms with Crippen molar-refractivity contribution >= 4 is 64.4 Å². The lowest BCUT2D eigenvalue weighted by Crippen LogP contribution is -2.10. The lowest BCUT2D eigenvalue weighted by molar-refractivity contribution is -0.140. The molecule has 2 aliphatic rings. The molecule has 0 saturated heterocycles. The Morgan fingerprint density at radius 2 is 1.04 bits per heavy atom. The Morgan fingerprint density at radius 1 is 0.604 bits per heavy atom. The Balaban J connectivity index is 2.00. The smallest absolute Gasteiger partial charge is 0.343 e. The van der Waals surface area contributed by atoms with Gasteiger partial charge in [0.05, 0.1) is 28.3 Å². The van der Waals surface area contributed by atoms with Gasteiger partial charge in [-0.05, 0) is 106 Å². The van der Waals surface area contributed by atoms with Gasteiger partial charge >= 0.3 is 11.9 Å². The maximum absolute atomic E-state index is 12.1. The zero-order valence-corrected chi connectivity index (χ0v) is 28.7. The van der Waals surface area contributed by atoms with Crippen LogP contribution in [0.1, 0.15) is 130 Å². The number of hydrogen-bond donors (Lipinski definition) is 4. The fourth-order valence-electron chi connectivity index (χ4n) is 6.51. The lowest BCUT2D eigenvalue weighted by Gasteiger charge is -2.06. The van der Waals surface area contributed by atoms with Gasteiger partial charge in [0.2, 0.25) is 0 Å². The summed E-state index contributed by atoms with van der Waals surface area (Å²) in [6.45, 7) is 8.68. The summed E-state index contributed by atoms with van der Waals surface area (Å²) in [6.07, 6.45) is 20.8. The van der Waals surface area contributed by atoms with Gasteiger partial charge in [0.25, 0.3) is 0 Å². The Hall–Kier alpha value is -4.72. The number of nitrogens with zero attached hydrogens (tertiary/aromatic N) is 2. The number of hydrogen-bond acceptors (Lipinski definition) is 4. The van der Waals surface area contributed by atoms with E-state index in [9.17, 15) is 19.8 Å². The average molecular weight is 649 g/mol. The van der Waals surface area contributed by atoms with Gasteiger partial charge < -0.3 is 20.2 Å². The fourth-order valence-corrected chi connectivity index (χ4v) is 6.51. The van der Waals surface area contributed by atoms with Gasteiger partial charge in [0, 0.05) is 38.8 Å². The number of aromatic nitrogens is 4. The molecule has 48 heavy (non-hydrogen) atoms. The Kier molecular flexibility index (Phi) is 11.5. The quantitative estimate of drug-likeness (QED) is 0.0508. The molecule has 0 aromatic carbocycles. The number of nitrogens with one attached hydrogen (secondary N) is 2. The van der Waals surface area contributed by atoms with E-state index in [-0.39, 0.29) is 0 Å². The van der Waals surface area contributed by atoms with Crippen LogP contribution in [0.3, 0.4) is 0 Å². The average Bonchev–Trinajstić information content (AvgIpc) is 3.89. The highest BCUT2D eigenvalue weighted by Gasteiger charge is 2.20. The molecule has 0 atom stereocenters. The molecule has 0 saturated carbocycles. The van der Waals surface area contributed by atoms with E-state index in [1.807, 2.05) is 12.1 Å². The second kappa shape index (κ2) is 15.9. The van der Waals surface area contributed by atoms with Gasteiger partial charge in [-0.15, -0.1) is 0 Å². The van der Waals surface area contributed by atoms with Gasteiger partial charge in [0.15, 0.2) is 0 Å². The van der Waals surface area contributed by atoms with Gasteiger partial charge in [-0.25, -0.2) is 19.6 Å². The van der Waals surface area contributed by atoms with Crippen molar-refractivity contribution in [1.29, 1.82) is 0 Å². The summed E-state index contributed by atoms with van der Waals surface area (Å²) in [5.74, 6) is -2.95. The third-order valence-corrected chi connectivity index (χ3v) is 9.21. The number of aliphatic carboxylic acids is 2. The molecule has 0 amide bonds. The van der Waals surface area contributed by atoms with Crippen molar-refractivity contribution in [2.24, 2.45) is 0 Å². The van der Waals surface area contributed by atoms with Crippen molar-refractivity contribution in [3.8, 4) is 0 Å². The molecule has 0 aliphatic carbocycles. The second-order valence-electron chi connectivity index (χ2n) is 12.7. The summed E-state index contributed by atoms with van der Waals surface area (Å²) in [7, 11) is 0. The van der Waals surface area contributed by atoms with E-state index in [4.69, 9.17) is 9.97 Å². The number of aryl methyl sites for hydroxylation is 3. The summed E-state index contributed by atoms with van der Waals surface area (Å²) >= 11 is 0. The first-order chi connectivity index (χ1) is 23.3. The van der Waals surface area contributed by atoms with Gasteiger partial charge in [0.1, 0.15) is 5.57 Å². The van der Waals surface area contributed by atoms with E-state index in [1.54, 1.807) is 0 Å². The number of carboxylic acids is 2. The monoisotopic (exact) mass is 648 g/mol. The minimum atomic E-state index is -1.48. The van der Waals surface area contributed by atoms with Crippen LogP contribution < -0.4 is 0 Å². The molecule has 0 fully saturated rings. The molecule has 0 spiro atoms. The van der Waals surface area contributed by atoms with Crippen LogP contribution in [0.15, 0.2) is 23.8 Å². The lowest BCUT2D eigenvalue weighted by atomic mass is 10.0. The number of H-pyrrole nitrogens is 2. The highest BCUT2D eigenvalue weighted by molar-refractivity contribution is 6.17. The molecule has 0 radical (unpaired) electrons. The van der Waals surface area contributed by atoms with Crippen LogP contribution in [0.5, 0.6) is 0 Å². The molecule has 8 heteroatoms. The number of aromatic amines is 2. The molecule has 4 N–H and O–H groups in total. The maximum atomic E-state index is 12.1. The number of fused-ring (bicyclic) bond motifs is 8. The van der Waals surface area contributed by atoms with E-state index in [0.717, 1.165) is 127 Å². The molecule has 3 aromatic heterocycles. The first-order valence-corrected chi connectivity index (χ1v) is 17.6. The highest BCUT2D eigenvalue weighted by Crippen LogP contribution is 2.31. The summed E-state index contributed by atoms with van der Waals surface area (Å²) < 4.78 is 0. The van der Waals surface area contributed by atoms with E-state index >= 15 is 0 Å². The van der Waals surface area contributed by atoms with Gasteiger partial charge in [-0.1, -0.05) is 53.4 Å². The normalized spacial score (nSPS) is 12.1. The van der Waals surface area contributed by atoms with Gasteiger partial charge in [-0.3, -0.25) is 0 Å². The predicted molar refractivity (Wildman–Crippen MR) is 197 cm³/mol. The van der Waals surface area contributed by atoms with E-state index in [0.29, 0.717) is 17.5 Å². The summed E-state index contributed by atoms with van der Waals surface area (Å²) in [5, 5.41) is 19.7. The zero-order valence-electron chi connectivity index (χ0n) is 28.7. The molecule has 252 valence electrons. The van der Waals surface area contributed by atoms with Crippen molar-refractivity contribution in [2.75, 3.05) is 0 Å². The predicted octanol–water partition coefficient (Wildman–Crippen LogP) is 9.58. The summed E-state index contributed by atoms with van der Waals surface area (Å²) in [4.78, 5) is 42.0. The minimum Gasteiger partial charge on any atom is -0.477 e. The summed E-state index contributed by atoms with van der Waals surface area (Å²) in [5.41, 5.74) is 11.3. The topological polar surface area (TPSA) is 132 Å². The number of carbonyl (C=O) groups is 2. The van der Waals surface area contributed by atoms with E-state index in [2.05, 4.69) is 68.0 Å². The number of unbranched alkanes of at least 4 members (excludes halogenated alkanes) is 4. The van der Waals surface area contributed by atoms with Crippen LogP contribution in [0.4, 0.5) is 0 Å². The molecule has 0 unspecified atom stereocenters. The fraction of sp³-hybridized carbons (Fsp3) is 0.400. The van der Waals surface area contributed by atoms with E-state index < -0.39 is 17.5 Å².